The van der Waals surface area contributed by atoms with Crippen LogP contribution in [-0.4, -0.2) is 56.7 Å². The SMILES string of the molecule is CCOc1cccc(N2CCCN(S(C)(=O)=O)CC2)c1[N+](=O)[O-]. The maximum absolute atomic E-state index is 11.7. The van der Waals surface area contributed by atoms with Gasteiger partial charge in [0.15, 0.2) is 5.75 Å². The third-order valence-corrected chi connectivity index (χ3v) is 5.03. The first-order valence-corrected chi connectivity index (χ1v) is 9.29. The van der Waals surface area contributed by atoms with Crippen LogP contribution >= 0.6 is 0 Å². The summed E-state index contributed by atoms with van der Waals surface area (Å²) in [5.41, 5.74) is 0.401. The maximum Gasteiger partial charge on any atom is 0.333 e. The van der Waals surface area contributed by atoms with Crippen molar-refractivity contribution in [2.45, 2.75) is 13.3 Å². The van der Waals surface area contributed by atoms with E-state index in [1.165, 1.54) is 10.6 Å². The first-order valence-electron chi connectivity index (χ1n) is 7.45. The van der Waals surface area contributed by atoms with Gasteiger partial charge in [-0.2, -0.15) is 0 Å². The minimum Gasteiger partial charge on any atom is -0.487 e. The van der Waals surface area contributed by atoms with Gasteiger partial charge in [-0.05, 0) is 25.5 Å². The molecule has 128 valence electrons. The molecule has 0 aliphatic carbocycles. The van der Waals surface area contributed by atoms with Crippen molar-refractivity contribution in [1.29, 1.82) is 0 Å². The zero-order chi connectivity index (χ0) is 17.0. The van der Waals surface area contributed by atoms with Crippen molar-refractivity contribution in [1.82, 2.24) is 4.31 Å². The molecular weight excluding hydrogens is 322 g/mol. The summed E-state index contributed by atoms with van der Waals surface area (Å²) in [5, 5.41) is 11.5. The van der Waals surface area contributed by atoms with E-state index in [0.29, 0.717) is 44.9 Å². The predicted octanol–water partition coefficient (Wildman–Crippen LogP) is 1.47. The first kappa shape index (κ1) is 17.5. The highest BCUT2D eigenvalue weighted by Gasteiger charge is 2.28. The van der Waals surface area contributed by atoms with Gasteiger partial charge in [0.05, 0.1) is 17.8 Å². The highest BCUT2D eigenvalue weighted by Crippen LogP contribution is 2.37. The summed E-state index contributed by atoms with van der Waals surface area (Å²) in [4.78, 5) is 12.9. The quantitative estimate of drug-likeness (QED) is 0.594. The Labute approximate surface area is 135 Å². The smallest absolute Gasteiger partial charge is 0.333 e. The molecule has 23 heavy (non-hydrogen) atoms. The van der Waals surface area contributed by atoms with Gasteiger partial charge in [0.2, 0.25) is 10.0 Å². The number of nitro benzene ring substituents is 1. The molecule has 0 amide bonds. The second-order valence-electron chi connectivity index (χ2n) is 5.32. The number of rotatable bonds is 5. The summed E-state index contributed by atoms with van der Waals surface area (Å²) in [5.74, 6) is 0.235. The number of benzene rings is 1. The molecule has 0 unspecified atom stereocenters. The molecule has 1 aromatic rings. The fourth-order valence-electron chi connectivity index (χ4n) is 2.69. The van der Waals surface area contributed by atoms with Gasteiger partial charge in [0, 0.05) is 26.2 Å². The fraction of sp³-hybridized carbons (Fsp3) is 0.571. The molecule has 0 N–H and O–H groups in total. The molecule has 1 aliphatic heterocycles. The molecule has 1 saturated heterocycles. The molecule has 9 heteroatoms. The van der Waals surface area contributed by atoms with Crippen LogP contribution in [0.1, 0.15) is 13.3 Å². The average Bonchev–Trinajstić information content (AvgIpc) is 2.72. The Morgan fingerprint density at radius 2 is 2.00 bits per heavy atom. The zero-order valence-electron chi connectivity index (χ0n) is 13.3. The van der Waals surface area contributed by atoms with Crippen molar-refractivity contribution >= 4 is 21.4 Å². The Hall–Kier alpha value is -1.87. The van der Waals surface area contributed by atoms with Gasteiger partial charge in [-0.25, -0.2) is 12.7 Å². The van der Waals surface area contributed by atoms with Crippen LogP contribution in [0.4, 0.5) is 11.4 Å². The van der Waals surface area contributed by atoms with Crippen LogP contribution in [0.3, 0.4) is 0 Å². The lowest BCUT2D eigenvalue weighted by atomic mass is 10.2. The van der Waals surface area contributed by atoms with Crippen molar-refractivity contribution in [2.75, 3.05) is 43.9 Å². The van der Waals surface area contributed by atoms with E-state index in [1.54, 1.807) is 25.1 Å². The zero-order valence-corrected chi connectivity index (χ0v) is 14.1. The van der Waals surface area contributed by atoms with Crippen LogP contribution in [0.25, 0.3) is 0 Å². The number of hydrogen-bond acceptors (Lipinski definition) is 6. The number of sulfonamides is 1. The lowest BCUT2D eigenvalue weighted by Crippen LogP contribution is -2.34. The first-order chi connectivity index (χ1) is 10.8. The minimum absolute atomic E-state index is 0.0674. The summed E-state index contributed by atoms with van der Waals surface area (Å²) in [6, 6.07) is 4.97. The number of nitrogens with zero attached hydrogens (tertiary/aromatic N) is 3. The van der Waals surface area contributed by atoms with Gasteiger partial charge in [0.1, 0.15) is 5.69 Å². The molecule has 0 aromatic heterocycles. The third-order valence-electron chi connectivity index (χ3n) is 3.72. The van der Waals surface area contributed by atoms with Crippen LogP contribution in [0.5, 0.6) is 5.75 Å². The predicted molar refractivity (Wildman–Crippen MR) is 87.5 cm³/mol. The van der Waals surface area contributed by atoms with Crippen molar-refractivity contribution < 1.29 is 18.1 Å². The molecule has 8 nitrogen and oxygen atoms in total. The molecule has 0 bridgehead atoms. The summed E-state index contributed by atoms with van der Waals surface area (Å²) in [6.45, 7) is 3.81. The Bertz CT molecular complexity index is 677. The molecule has 1 aromatic carbocycles. The molecule has 2 rings (SSSR count). The van der Waals surface area contributed by atoms with Crippen molar-refractivity contribution in [2.24, 2.45) is 0 Å². The highest BCUT2D eigenvalue weighted by molar-refractivity contribution is 7.88. The molecule has 0 atom stereocenters. The van der Waals surface area contributed by atoms with Crippen LogP contribution in [0.2, 0.25) is 0 Å². The second kappa shape index (κ2) is 7.14. The Kier molecular flexibility index (Phi) is 5.42. The molecular formula is C14H21N3O5S. The van der Waals surface area contributed by atoms with E-state index in [9.17, 15) is 18.5 Å². The minimum atomic E-state index is -3.25. The van der Waals surface area contributed by atoms with Crippen LogP contribution in [0, 0.1) is 10.1 Å². The number of hydrogen-bond donors (Lipinski definition) is 0. The van der Waals surface area contributed by atoms with Gasteiger partial charge in [-0.15, -0.1) is 0 Å². The molecule has 1 heterocycles. The average molecular weight is 343 g/mol. The number of ether oxygens (including phenoxy) is 1. The van der Waals surface area contributed by atoms with Gasteiger partial charge in [-0.3, -0.25) is 10.1 Å². The fourth-order valence-corrected chi connectivity index (χ4v) is 3.56. The van der Waals surface area contributed by atoms with Gasteiger partial charge in [-0.1, -0.05) is 6.07 Å². The van der Waals surface area contributed by atoms with Gasteiger partial charge in [0.25, 0.3) is 0 Å². The highest BCUT2D eigenvalue weighted by atomic mass is 32.2. The summed E-state index contributed by atoms with van der Waals surface area (Å²) >= 11 is 0. The Balaban J connectivity index is 2.31. The van der Waals surface area contributed by atoms with Crippen molar-refractivity contribution in [3.05, 3.63) is 28.3 Å². The molecule has 1 fully saturated rings. The van der Waals surface area contributed by atoms with E-state index in [4.69, 9.17) is 4.74 Å². The summed E-state index contributed by atoms with van der Waals surface area (Å²) in [7, 11) is -3.25. The third kappa shape index (κ3) is 4.11. The standard InChI is InChI=1S/C14H21N3O5S/c1-3-22-13-7-4-6-12(14(13)17(18)19)15-8-5-9-16(11-10-15)23(2,20)21/h4,6-7H,3,5,8-11H2,1-2H3. The lowest BCUT2D eigenvalue weighted by molar-refractivity contribution is -0.385. The van der Waals surface area contributed by atoms with Gasteiger partial charge < -0.3 is 9.64 Å². The summed E-state index contributed by atoms with van der Waals surface area (Å²) in [6.07, 6.45) is 1.80. The largest absolute Gasteiger partial charge is 0.487 e. The molecule has 0 spiro atoms. The lowest BCUT2D eigenvalue weighted by Gasteiger charge is -2.23. The van der Waals surface area contributed by atoms with E-state index >= 15 is 0 Å². The van der Waals surface area contributed by atoms with Crippen LogP contribution in [0.15, 0.2) is 18.2 Å². The molecule has 0 saturated carbocycles. The monoisotopic (exact) mass is 343 g/mol. The number of anilines is 1. The van der Waals surface area contributed by atoms with Crippen molar-refractivity contribution in [3.63, 3.8) is 0 Å². The van der Waals surface area contributed by atoms with Gasteiger partial charge >= 0.3 is 5.69 Å². The Morgan fingerprint density at radius 3 is 2.61 bits per heavy atom. The number of para-hydroxylation sites is 1. The van der Waals surface area contributed by atoms with Crippen LogP contribution < -0.4 is 9.64 Å². The van der Waals surface area contributed by atoms with E-state index in [2.05, 4.69) is 0 Å². The summed E-state index contributed by atoms with van der Waals surface area (Å²) < 4.78 is 30.1. The van der Waals surface area contributed by atoms with E-state index in [-0.39, 0.29) is 11.4 Å². The topological polar surface area (TPSA) is 93.0 Å². The van der Waals surface area contributed by atoms with E-state index in [0.717, 1.165) is 0 Å². The molecule has 0 radical (unpaired) electrons. The normalized spacial score (nSPS) is 16.9. The number of nitro groups is 1. The molecule has 1 aliphatic rings. The van der Waals surface area contributed by atoms with E-state index < -0.39 is 14.9 Å². The second-order valence-corrected chi connectivity index (χ2v) is 7.30. The van der Waals surface area contributed by atoms with Crippen molar-refractivity contribution in [3.8, 4) is 5.75 Å². The maximum atomic E-state index is 11.7. The van der Waals surface area contributed by atoms with E-state index in [1.807, 2.05) is 4.90 Å². The van der Waals surface area contributed by atoms with Crippen LogP contribution in [-0.2, 0) is 10.0 Å². The Morgan fingerprint density at radius 1 is 1.26 bits per heavy atom.